The van der Waals surface area contributed by atoms with Gasteiger partial charge in [-0.3, -0.25) is 0 Å². The smallest absolute Gasteiger partial charge is 0.198 e. The highest BCUT2D eigenvalue weighted by molar-refractivity contribution is 8.03. The molecule has 1 aliphatic carbocycles. The molecule has 0 saturated carbocycles. The van der Waals surface area contributed by atoms with Crippen molar-refractivity contribution in [3.05, 3.63) is 28.9 Å². The van der Waals surface area contributed by atoms with E-state index in [-0.39, 0.29) is 0 Å². The molecule has 0 bridgehead atoms. The molecule has 0 aromatic heterocycles. The Morgan fingerprint density at radius 2 is 2.40 bits per heavy atom. The maximum atomic E-state index is 11.7. The fourth-order valence-corrected chi connectivity index (χ4v) is 1.18. The van der Waals surface area contributed by atoms with Crippen molar-refractivity contribution in [1.29, 1.82) is 0 Å². The summed E-state index contributed by atoms with van der Waals surface area (Å²) in [5.41, 5.74) is 2.74. The Bertz CT molecular complexity index is 200. The van der Waals surface area contributed by atoms with Crippen LogP contribution in [0.1, 0.15) is 6.42 Å². The molecular formula is C7H6F2S. The van der Waals surface area contributed by atoms with Crippen LogP contribution < -0.4 is 0 Å². The molecule has 0 aromatic rings. The molecule has 0 amide bonds. The van der Waals surface area contributed by atoms with Crippen LogP contribution in [0.4, 0.5) is 8.78 Å². The summed E-state index contributed by atoms with van der Waals surface area (Å²) in [7, 11) is 0. The number of hydrogen-bond donors (Lipinski definition) is 0. The molecule has 0 aromatic carbocycles. The van der Waals surface area contributed by atoms with Gasteiger partial charge >= 0.3 is 0 Å². The topological polar surface area (TPSA) is 0 Å². The molecule has 0 nitrogen and oxygen atoms in total. The van der Waals surface area contributed by atoms with Gasteiger partial charge < -0.3 is 0 Å². The van der Waals surface area contributed by atoms with Crippen molar-refractivity contribution < 1.29 is 8.78 Å². The van der Waals surface area contributed by atoms with Crippen molar-refractivity contribution in [1.82, 2.24) is 0 Å². The lowest BCUT2D eigenvalue weighted by molar-refractivity contribution is 0.253. The highest BCUT2D eigenvalue weighted by Gasteiger charge is 2.06. The molecule has 10 heavy (non-hydrogen) atoms. The van der Waals surface area contributed by atoms with E-state index in [0.29, 0.717) is 23.1 Å². The Morgan fingerprint density at radius 1 is 1.60 bits per heavy atom. The van der Waals surface area contributed by atoms with Crippen LogP contribution in [0.5, 0.6) is 0 Å². The van der Waals surface area contributed by atoms with Crippen LogP contribution >= 0.6 is 11.8 Å². The number of alkyl halides is 2. The number of thioether (sulfide) groups is 1. The number of rotatable bonds is 2. The average Bonchev–Trinajstić information content (AvgIpc) is 1.88. The van der Waals surface area contributed by atoms with Crippen molar-refractivity contribution in [3.8, 4) is 0 Å². The second kappa shape index (κ2) is 3.59. The van der Waals surface area contributed by atoms with Crippen molar-refractivity contribution in [2.45, 2.75) is 12.2 Å². The molecule has 0 spiro atoms. The van der Waals surface area contributed by atoms with Gasteiger partial charge in [0.05, 0.1) is 0 Å². The quantitative estimate of drug-likeness (QED) is 0.559. The van der Waals surface area contributed by atoms with E-state index in [2.05, 4.69) is 5.73 Å². The van der Waals surface area contributed by atoms with Crippen LogP contribution in [0, 0.1) is 0 Å². The Kier molecular flexibility index (Phi) is 2.72. The van der Waals surface area contributed by atoms with E-state index in [1.54, 1.807) is 12.2 Å². The highest BCUT2D eigenvalue weighted by atomic mass is 32.2. The first-order valence-corrected chi connectivity index (χ1v) is 3.72. The van der Waals surface area contributed by atoms with Crippen LogP contribution in [0.15, 0.2) is 28.9 Å². The second-order valence-corrected chi connectivity index (χ2v) is 2.83. The standard InChI is InChI=1S/C7H6F2S/c8-7(9)10-6-4-2-1-3-5-6/h1-3,7H,4H2. The second-order valence-electron chi connectivity index (χ2n) is 1.74. The minimum atomic E-state index is -2.32. The van der Waals surface area contributed by atoms with Gasteiger partial charge in [0.1, 0.15) is 0 Å². The maximum absolute atomic E-state index is 11.7. The zero-order valence-electron chi connectivity index (χ0n) is 5.18. The number of allylic oxidation sites excluding steroid dienone is 3. The minimum absolute atomic E-state index is 0.565. The Hall–Kier alpha value is -0.530. The van der Waals surface area contributed by atoms with Crippen LogP contribution in [-0.2, 0) is 0 Å². The fourth-order valence-electron chi connectivity index (χ4n) is 0.633. The first kappa shape index (κ1) is 7.58. The lowest BCUT2D eigenvalue weighted by atomic mass is 10.3. The summed E-state index contributed by atoms with van der Waals surface area (Å²) in [6.07, 6.45) is 5.87. The van der Waals surface area contributed by atoms with Crippen molar-refractivity contribution in [2.24, 2.45) is 0 Å². The van der Waals surface area contributed by atoms with Gasteiger partial charge in [-0.2, -0.15) is 8.78 Å². The average molecular weight is 160 g/mol. The van der Waals surface area contributed by atoms with Crippen molar-refractivity contribution in [3.63, 3.8) is 0 Å². The molecule has 54 valence electrons. The third-order valence-electron chi connectivity index (χ3n) is 1.01. The van der Waals surface area contributed by atoms with Crippen LogP contribution in [0.3, 0.4) is 0 Å². The minimum Gasteiger partial charge on any atom is -0.198 e. The fraction of sp³-hybridized carbons (Fsp3) is 0.286. The Balaban J connectivity index is 2.50. The first-order valence-electron chi connectivity index (χ1n) is 2.84. The maximum Gasteiger partial charge on any atom is 0.289 e. The molecular weight excluding hydrogens is 154 g/mol. The van der Waals surface area contributed by atoms with Crippen LogP contribution in [-0.4, -0.2) is 5.76 Å². The van der Waals surface area contributed by atoms with Gasteiger partial charge in [-0.15, -0.1) is 5.73 Å². The molecule has 0 unspecified atom stereocenters. The zero-order chi connectivity index (χ0) is 7.40. The van der Waals surface area contributed by atoms with E-state index in [1.165, 1.54) is 0 Å². The third-order valence-corrected chi connectivity index (χ3v) is 1.76. The van der Waals surface area contributed by atoms with Gasteiger partial charge in [0.25, 0.3) is 5.76 Å². The predicted molar refractivity (Wildman–Crippen MR) is 38.9 cm³/mol. The summed E-state index contributed by atoms with van der Waals surface area (Å²) in [4.78, 5) is 0.609. The third kappa shape index (κ3) is 2.38. The first-order chi connectivity index (χ1) is 4.79. The van der Waals surface area contributed by atoms with Gasteiger partial charge in [-0.05, 0) is 6.08 Å². The lowest BCUT2D eigenvalue weighted by Gasteiger charge is -2.00. The Morgan fingerprint density at radius 3 is 2.90 bits per heavy atom. The predicted octanol–water partition coefficient (Wildman–Crippen LogP) is 2.94. The summed E-state index contributed by atoms with van der Waals surface area (Å²) in [6, 6.07) is 0. The summed E-state index contributed by atoms with van der Waals surface area (Å²) in [5, 5.41) is 0. The molecule has 0 saturated heterocycles. The van der Waals surface area contributed by atoms with Crippen molar-refractivity contribution in [2.75, 3.05) is 0 Å². The summed E-state index contributed by atoms with van der Waals surface area (Å²) >= 11 is 0.565. The molecule has 0 N–H and O–H groups in total. The van der Waals surface area contributed by atoms with Crippen LogP contribution in [0.25, 0.3) is 0 Å². The summed E-state index contributed by atoms with van der Waals surface area (Å²) < 4.78 is 23.4. The number of hydrogen-bond acceptors (Lipinski definition) is 1. The van der Waals surface area contributed by atoms with Gasteiger partial charge in [0, 0.05) is 11.3 Å². The normalized spacial score (nSPS) is 16.1. The van der Waals surface area contributed by atoms with E-state index in [0.717, 1.165) is 0 Å². The molecule has 0 fully saturated rings. The SMILES string of the molecule is FC(F)SC1=C=CC=CC1. The monoisotopic (exact) mass is 160 g/mol. The molecule has 0 atom stereocenters. The van der Waals surface area contributed by atoms with E-state index < -0.39 is 5.76 Å². The lowest BCUT2D eigenvalue weighted by Crippen LogP contribution is -1.83. The molecule has 0 heterocycles. The Labute approximate surface area is 62.3 Å². The van der Waals surface area contributed by atoms with E-state index in [1.807, 2.05) is 6.08 Å². The van der Waals surface area contributed by atoms with E-state index in [9.17, 15) is 8.78 Å². The summed E-state index contributed by atoms with van der Waals surface area (Å²) in [5.74, 6) is -2.32. The number of halogens is 2. The molecule has 1 aliphatic rings. The van der Waals surface area contributed by atoms with Crippen molar-refractivity contribution >= 4 is 11.8 Å². The van der Waals surface area contributed by atoms with E-state index in [4.69, 9.17) is 0 Å². The van der Waals surface area contributed by atoms with Gasteiger partial charge in [0.2, 0.25) is 0 Å². The van der Waals surface area contributed by atoms with Crippen LogP contribution in [0.2, 0.25) is 0 Å². The largest absolute Gasteiger partial charge is 0.289 e. The molecule has 0 radical (unpaired) electrons. The zero-order valence-corrected chi connectivity index (χ0v) is 6.00. The van der Waals surface area contributed by atoms with E-state index >= 15 is 0 Å². The molecule has 0 aliphatic heterocycles. The van der Waals surface area contributed by atoms with Gasteiger partial charge in [0.15, 0.2) is 0 Å². The highest BCUT2D eigenvalue weighted by Crippen LogP contribution is 2.26. The molecule has 1 rings (SSSR count). The van der Waals surface area contributed by atoms with Gasteiger partial charge in [-0.25, -0.2) is 0 Å². The molecule has 3 heteroatoms. The van der Waals surface area contributed by atoms with Gasteiger partial charge in [-0.1, -0.05) is 23.9 Å². The summed E-state index contributed by atoms with van der Waals surface area (Å²) in [6.45, 7) is 0.